The Morgan fingerprint density at radius 2 is 1.74 bits per heavy atom. The summed E-state index contributed by atoms with van der Waals surface area (Å²) in [4.78, 5) is 35.6. The van der Waals surface area contributed by atoms with Crippen LogP contribution in [0, 0.1) is 5.92 Å². The van der Waals surface area contributed by atoms with Crippen molar-refractivity contribution in [3.8, 4) is 0 Å². The minimum Gasteiger partial charge on any atom is -0.452 e. The van der Waals surface area contributed by atoms with Crippen LogP contribution in [0.4, 0.5) is 4.79 Å². The van der Waals surface area contributed by atoms with Crippen molar-refractivity contribution in [1.29, 1.82) is 0 Å². The van der Waals surface area contributed by atoms with Crippen LogP contribution in [0.5, 0.6) is 0 Å². The molecule has 8 nitrogen and oxygen atoms in total. The number of carbonyl (C=O) groups excluding carboxylic acids is 3. The van der Waals surface area contributed by atoms with Crippen LogP contribution >= 0.6 is 0 Å². The molecule has 2 rings (SSSR count). The van der Waals surface area contributed by atoms with Crippen LogP contribution in [0.2, 0.25) is 0 Å². The lowest BCUT2D eigenvalue weighted by Gasteiger charge is -2.29. The smallest absolute Gasteiger partial charge is 0.338 e. The quantitative estimate of drug-likeness (QED) is 0.731. The first-order chi connectivity index (χ1) is 12.7. The average molecular weight is 396 g/mol. The lowest BCUT2D eigenvalue weighted by molar-refractivity contribution is -0.123. The molecule has 0 bridgehead atoms. The van der Waals surface area contributed by atoms with Crippen LogP contribution in [0.3, 0.4) is 0 Å². The highest BCUT2D eigenvalue weighted by Gasteiger charge is 2.23. The van der Waals surface area contributed by atoms with Crippen LogP contribution in [-0.2, 0) is 19.4 Å². The van der Waals surface area contributed by atoms with Gasteiger partial charge in [-0.3, -0.25) is 10.1 Å². The largest absolute Gasteiger partial charge is 0.452 e. The molecule has 148 valence electrons. The van der Waals surface area contributed by atoms with E-state index in [4.69, 9.17) is 4.74 Å². The van der Waals surface area contributed by atoms with Gasteiger partial charge in [0.1, 0.15) is 0 Å². The number of nitrogens with one attached hydrogen (secondary N) is 2. The van der Waals surface area contributed by atoms with E-state index in [9.17, 15) is 22.8 Å². The Hall–Kier alpha value is -2.42. The molecule has 0 aromatic heterocycles. The molecule has 0 saturated heterocycles. The fraction of sp³-hybridized carbons (Fsp3) is 0.500. The number of hydrogen-bond donors (Lipinski definition) is 2. The summed E-state index contributed by atoms with van der Waals surface area (Å²) in [7, 11) is -3.36. The molecule has 9 heteroatoms. The van der Waals surface area contributed by atoms with Crippen molar-refractivity contribution >= 4 is 27.7 Å². The Morgan fingerprint density at radius 3 is 2.33 bits per heavy atom. The summed E-state index contributed by atoms with van der Waals surface area (Å²) in [5, 5.41) is 4.91. The van der Waals surface area contributed by atoms with Gasteiger partial charge < -0.3 is 10.1 Å². The van der Waals surface area contributed by atoms with Crippen LogP contribution in [0.25, 0.3) is 0 Å². The van der Waals surface area contributed by atoms with Crippen LogP contribution in [0.15, 0.2) is 29.2 Å². The Labute approximate surface area is 158 Å². The van der Waals surface area contributed by atoms with Crippen molar-refractivity contribution in [2.45, 2.75) is 43.5 Å². The van der Waals surface area contributed by atoms with Gasteiger partial charge in [0.2, 0.25) is 0 Å². The highest BCUT2D eigenvalue weighted by Crippen LogP contribution is 2.23. The van der Waals surface area contributed by atoms with Gasteiger partial charge in [-0.15, -0.1) is 0 Å². The van der Waals surface area contributed by atoms with E-state index in [0.29, 0.717) is 5.92 Å². The number of sulfone groups is 1. The van der Waals surface area contributed by atoms with Crippen molar-refractivity contribution in [2.24, 2.45) is 5.92 Å². The number of imide groups is 1. The minimum atomic E-state index is -3.36. The molecule has 1 saturated carbocycles. The number of carbonyl (C=O) groups is 3. The summed E-state index contributed by atoms with van der Waals surface area (Å²) in [6.07, 6.45) is 5.15. The van der Waals surface area contributed by atoms with E-state index in [1.807, 2.05) is 0 Å². The lowest BCUT2D eigenvalue weighted by atomic mass is 9.86. The summed E-state index contributed by atoms with van der Waals surface area (Å²) in [5.41, 5.74) is 0.107. The van der Waals surface area contributed by atoms with Crippen molar-refractivity contribution in [1.82, 2.24) is 10.6 Å². The van der Waals surface area contributed by atoms with E-state index in [1.165, 1.54) is 24.3 Å². The SMILES string of the molecule is C[C@@H]1CCCC[C@H]1NC(=O)NC(=O)COC(=O)c1ccc(S(C)(=O)=O)cc1. The average Bonchev–Trinajstić information content (AvgIpc) is 2.61. The van der Waals surface area contributed by atoms with Gasteiger partial charge in [0.05, 0.1) is 10.5 Å². The molecule has 3 amide bonds. The summed E-state index contributed by atoms with van der Waals surface area (Å²) < 4.78 is 27.6. The number of esters is 1. The number of ether oxygens (including phenoxy) is 1. The molecule has 0 aliphatic heterocycles. The van der Waals surface area contributed by atoms with Gasteiger partial charge in [0.15, 0.2) is 16.4 Å². The third kappa shape index (κ3) is 6.35. The predicted octanol–water partition coefficient (Wildman–Crippen LogP) is 1.65. The molecule has 0 spiro atoms. The first kappa shape index (κ1) is 20.9. The maximum Gasteiger partial charge on any atom is 0.338 e. The third-order valence-corrected chi connectivity index (χ3v) is 5.66. The predicted molar refractivity (Wildman–Crippen MR) is 97.9 cm³/mol. The van der Waals surface area contributed by atoms with Crippen LogP contribution < -0.4 is 10.6 Å². The topological polar surface area (TPSA) is 119 Å². The number of hydrogen-bond acceptors (Lipinski definition) is 6. The minimum absolute atomic E-state index is 0.0301. The molecule has 0 unspecified atom stereocenters. The molecule has 1 aromatic rings. The Kier molecular flexibility index (Phi) is 6.95. The zero-order chi connectivity index (χ0) is 20.0. The first-order valence-corrected chi connectivity index (χ1v) is 10.6. The van der Waals surface area contributed by atoms with Gasteiger partial charge in [-0.1, -0.05) is 19.8 Å². The first-order valence-electron chi connectivity index (χ1n) is 8.74. The summed E-state index contributed by atoms with van der Waals surface area (Å²) in [5.74, 6) is -1.17. The monoisotopic (exact) mass is 396 g/mol. The molecule has 2 atom stereocenters. The van der Waals surface area contributed by atoms with Crippen molar-refractivity contribution in [3.63, 3.8) is 0 Å². The van der Waals surface area contributed by atoms with Gasteiger partial charge in [0.25, 0.3) is 5.91 Å². The van der Waals surface area contributed by atoms with Crippen molar-refractivity contribution in [2.75, 3.05) is 12.9 Å². The number of urea groups is 1. The highest BCUT2D eigenvalue weighted by molar-refractivity contribution is 7.90. The maximum absolute atomic E-state index is 11.9. The van der Waals surface area contributed by atoms with Gasteiger partial charge in [-0.05, 0) is 43.0 Å². The molecule has 0 radical (unpaired) electrons. The summed E-state index contributed by atoms with van der Waals surface area (Å²) in [6.45, 7) is 1.45. The highest BCUT2D eigenvalue weighted by atomic mass is 32.2. The van der Waals surface area contributed by atoms with Crippen molar-refractivity contribution in [3.05, 3.63) is 29.8 Å². The normalized spacial score (nSPS) is 19.8. The summed E-state index contributed by atoms with van der Waals surface area (Å²) in [6, 6.07) is 4.59. The van der Waals surface area contributed by atoms with Gasteiger partial charge in [0, 0.05) is 12.3 Å². The van der Waals surface area contributed by atoms with E-state index in [2.05, 4.69) is 17.6 Å². The zero-order valence-electron chi connectivity index (χ0n) is 15.4. The van der Waals surface area contributed by atoms with E-state index < -0.39 is 34.4 Å². The standard InChI is InChI=1S/C18H24N2O6S/c1-12-5-3-4-6-15(12)19-18(23)20-16(21)11-26-17(22)13-7-9-14(10-8-13)27(2,24)25/h7-10,12,15H,3-6,11H2,1-2H3,(H2,19,20,21,23)/t12-,15-/m1/s1. The number of benzene rings is 1. The molecule has 1 aromatic carbocycles. The molecule has 1 fully saturated rings. The Balaban J connectivity index is 1.79. The van der Waals surface area contributed by atoms with Gasteiger partial charge in [-0.25, -0.2) is 18.0 Å². The number of amides is 3. The second-order valence-electron chi connectivity index (χ2n) is 6.76. The fourth-order valence-electron chi connectivity index (χ4n) is 2.95. The van der Waals surface area contributed by atoms with E-state index in [0.717, 1.165) is 31.9 Å². The Morgan fingerprint density at radius 1 is 1.11 bits per heavy atom. The molecular weight excluding hydrogens is 372 g/mol. The van der Waals surface area contributed by atoms with Gasteiger partial charge >= 0.3 is 12.0 Å². The van der Waals surface area contributed by atoms with Crippen LogP contribution in [-0.4, -0.2) is 45.2 Å². The third-order valence-electron chi connectivity index (χ3n) is 4.53. The molecule has 1 aliphatic rings. The van der Waals surface area contributed by atoms with Crippen LogP contribution in [0.1, 0.15) is 43.0 Å². The fourth-order valence-corrected chi connectivity index (χ4v) is 3.58. The molecule has 27 heavy (non-hydrogen) atoms. The molecular formula is C18H24N2O6S. The van der Waals surface area contributed by atoms with Crippen molar-refractivity contribution < 1.29 is 27.5 Å². The molecule has 1 aliphatic carbocycles. The summed E-state index contributed by atoms with van der Waals surface area (Å²) >= 11 is 0. The van der Waals surface area contributed by atoms with Gasteiger partial charge in [-0.2, -0.15) is 0 Å². The lowest BCUT2D eigenvalue weighted by Crippen LogP contribution is -2.48. The second kappa shape index (κ2) is 8.98. The molecule has 2 N–H and O–H groups in total. The molecule has 0 heterocycles. The Bertz CT molecular complexity index is 804. The van der Waals surface area contributed by atoms with E-state index >= 15 is 0 Å². The maximum atomic E-state index is 11.9. The number of rotatable bonds is 5. The zero-order valence-corrected chi connectivity index (χ0v) is 16.2. The van der Waals surface area contributed by atoms with E-state index in [1.54, 1.807) is 0 Å². The second-order valence-corrected chi connectivity index (χ2v) is 8.78. The van der Waals surface area contributed by atoms with E-state index in [-0.39, 0.29) is 16.5 Å².